The molecule has 19 heavy (non-hydrogen) atoms. The molecule has 1 amide bonds. The summed E-state index contributed by atoms with van der Waals surface area (Å²) in [6, 6.07) is 1.19. The average molecular weight is 263 g/mol. The molecular formula is C13H17N3O3. The number of hydrogen-bond donors (Lipinski definition) is 1. The molecule has 3 rings (SSSR count). The van der Waals surface area contributed by atoms with E-state index in [1.165, 1.54) is 13.3 Å². The molecule has 6 nitrogen and oxygen atoms in total. The molecule has 2 heterocycles. The third-order valence-electron chi connectivity index (χ3n) is 4.33. The van der Waals surface area contributed by atoms with Crippen LogP contribution in [0.4, 0.5) is 0 Å². The molecule has 1 aromatic rings. The van der Waals surface area contributed by atoms with E-state index in [0.717, 1.165) is 19.3 Å². The molecule has 1 saturated carbocycles. The Morgan fingerprint density at radius 2 is 2.32 bits per heavy atom. The molecular weight excluding hydrogens is 246 g/mol. The van der Waals surface area contributed by atoms with Crippen molar-refractivity contribution in [3.63, 3.8) is 0 Å². The number of nitrogens with zero attached hydrogens (tertiary/aromatic N) is 2. The highest BCUT2D eigenvalue weighted by atomic mass is 16.5. The zero-order valence-electron chi connectivity index (χ0n) is 10.8. The van der Waals surface area contributed by atoms with Crippen molar-refractivity contribution in [2.75, 3.05) is 13.7 Å². The van der Waals surface area contributed by atoms with Crippen LogP contribution in [0.3, 0.4) is 0 Å². The number of carbonyl (C=O) groups excluding carboxylic acids is 2. The van der Waals surface area contributed by atoms with Crippen LogP contribution >= 0.6 is 0 Å². The standard InChI is InChI=1S/C13H17N3O3/c1-19-13(18)11-9-4-2-3-8(9)7-16(11)12(17)10-5-6-14-15-10/h5-6,8-9,11H,2-4,7H2,1H3,(H,14,15)/t8-,9-,11+/m1/s1. The number of aromatic nitrogens is 2. The Morgan fingerprint density at radius 3 is 3.00 bits per heavy atom. The minimum atomic E-state index is -0.437. The first-order valence-corrected chi connectivity index (χ1v) is 6.60. The number of likely N-dealkylation sites (tertiary alicyclic amines) is 1. The highest BCUT2D eigenvalue weighted by Gasteiger charge is 2.50. The van der Waals surface area contributed by atoms with Crippen LogP contribution in [0.2, 0.25) is 0 Å². The van der Waals surface area contributed by atoms with Crippen molar-refractivity contribution in [1.82, 2.24) is 15.1 Å². The van der Waals surface area contributed by atoms with Crippen LogP contribution in [0.5, 0.6) is 0 Å². The molecule has 2 fully saturated rings. The largest absolute Gasteiger partial charge is 0.467 e. The molecule has 6 heteroatoms. The Morgan fingerprint density at radius 1 is 1.47 bits per heavy atom. The van der Waals surface area contributed by atoms with Crippen LogP contribution in [-0.2, 0) is 9.53 Å². The Kier molecular flexibility index (Phi) is 3.00. The molecule has 0 spiro atoms. The van der Waals surface area contributed by atoms with Gasteiger partial charge in [0.15, 0.2) is 0 Å². The first-order valence-electron chi connectivity index (χ1n) is 6.60. The quantitative estimate of drug-likeness (QED) is 0.802. The lowest BCUT2D eigenvalue weighted by Crippen LogP contribution is -2.44. The van der Waals surface area contributed by atoms with Crippen molar-refractivity contribution in [2.45, 2.75) is 25.3 Å². The summed E-state index contributed by atoms with van der Waals surface area (Å²) >= 11 is 0. The molecule has 3 atom stereocenters. The van der Waals surface area contributed by atoms with Crippen LogP contribution in [0, 0.1) is 11.8 Å². The first kappa shape index (κ1) is 12.2. The van der Waals surface area contributed by atoms with E-state index in [9.17, 15) is 9.59 Å². The predicted molar refractivity (Wildman–Crippen MR) is 66.3 cm³/mol. The van der Waals surface area contributed by atoms with Gasteiger partial charge in [0.25, 0.3) is 5.91 Å². The minimum absolute atomic E-state index is 0.165. The number of methoxy groups -OCH3 is 1. The third-order valence-corrected chi connectivity index (χ3v) is 4.33. The molecule has 1 aromatic heterocycles. The van der Waals surface area contributed by atoms with Crippen molar-refractivity contribution < 1.29 is 14.3 Å². The van der Waals surface area contributed by atoms with E-state index in [0.29, 0.717) is 18.2 Å². The lowest BCUT2D eigenvalue weighted by atomic mass is 9.94. The van der Waals surface area contributed by atoms with Crippen molar-refractivity contribution in [1.29, 1.82) is 0 Å². The summed E-state index contributed by atoms with van der Waals surface area (Å²) in [4.78, 5) is 26.1. The van der Waals surface area contributed by atoms with Gasteiger partial charge in [0.05, 0.1) is 7.11 Å². The van der Waals surface area contributed by atoms with Gasteiger partial charge in [-0.2, -0.15) is 5.10 Å². The maximum Gasteiger partial charge on any atom is 0.328 e. The van der Waals surface area contributed by atoms with Gasteiger partial charge in [0.1, 0.15) is 11.7 Å². The Labute approximate surface area is 111 Å². The summed E-state index contributed by atoms with van der Waals surface area (Å²) in [7, 11) is 1.38. The SMILES string of the molecule is COC(=O)[C@@H]1[C@@H]2CCC[C@@H]2CN1C(=O)c1ccn[nH]1. The van der Waals surface area contributed by atoms with Crippen molar-refractivity contribution in [3.05, 3.63) is 18.0 Å². The van der Waals surface area contributed by atoms with Crippen molar-refractivity contribution >= 4 is 11.9 Å². The van der Waals surface area contributed by atoms with Gasteiger partial charge in [-0.1, -0.05) is 6.42 Å². The topological polar surface area (TPSA) is 75.3 Å². The Balaban J connectivity index is 1.87. The van der Waals surface area contributed by atoms with E-state index in [4.69, 9.17) is 4.74 Å². The van der Waals surface area contributed by atoms with Crippen molar-refractivity contribution in [3.8, 4) is 0 Å². The van der Waals surface area contributed by atoms with E-state index >= 15 is 0 Å². The first-order chi connectivity index (χ1) is 9.22. The second-order valence-electron chi connectivity index (χ2n) is 5.25. The minimum Gasteiger partial charge on any atom is -0.467 e. The molecule has 0 bridgehead atoms. The predicted octanol–water partition coefficient (Wildman–Crippen LogP) is 0.823. The summed E-state index contributed by atoms with van der Waals surface area (Å²) < 4.78 is 4.88. The summed E-state index contributed by atoms with van der Waals surface area (Å²) in [6.07, 6.45) is 4.76. The number of aromatic amines is 1. The molecule has 0 radical (unpaired) electrons. The highest BCUT2D eigenvalue weighted by molar-refractivity contribution is 5.95. The van der Waals surface area contributed by atoms with Crippen LogP contribution in [0.25, 0.3) is 0 Å². The molecule has 0 unspecified atom stereocenters. The molecule has 2 aliphatic rings. The number of esters is 1. The van der Waals surface area contributed by atoms with Gasteiger partial charge < -0.3 is 9.64 Å². The number of fused-ring (bicyclic) bond motifs is 1. The molecule has 1 aliphatic heterocycles. The second kappa shape index (κ2) is 4.68. The maximum atomic E-state index is 12.4. The van der Waals surface area contributed by atoms with Crippen LogP contribution < -0.4 is 0 Å². The van der Waals surface area contributed by atoms with E-state index in [2.05, 4.69) is 10.2 Å². The number of hydrogen-bond acceptors (Lipinski definition) is 4. The van der Waals surface area contributed by atoms with E-state index in [1.807, 2.05) is 0 Å². The third kappa shape index (κ3) is 1.91. The average Bonchev–Trinajstić information content (AvgIpc) is 3.12. The van der Waals surface area contributed by atoms with Gasteiger partial charge >= 0.3 is 5.97 Å². The zero-order valence-corrected chi connectivity index (χ0v) is 10.8. The summed E-state index contributed by atoms with van der Waals surface area (Å²) in [5.74, 6) is 0.208. The molecule has 1 aliphatic carbocycles. The van der Waals surface area contributed by atoms with E-state index in [-0.39, 0.29) is 17.8 Å². The fourth-order valence-corrected chi connectivity index (χ4v) is 3.47. The Hall–Kier alpha value is -1.85. The fraction of sp³-hybridized carbons (Fsp3) is 0.615. The fourth-order valence-electron chi connectivity index (χ4n) is 3.47. The van der Waals surface area contributed by atoms with Gasteiger partial charge in [-0.05, 0) is 30.7 Å². The normalized spacial score (nSPS) is 29.3. The van der Waals surface area contributed by atoms with Gasteiger partial charge in [-0.15, -0.1) is 0 Å². The number of H-pyrrole nitrogens is 1. The van der Waals surface area contributed by atoms with Gasteiger partial charge in [-0.3, -0.25) is 9.89 Å². The lowest BCUT2D eigenvalue weighted by Gasteiger charge is -2.25. The van der Waals surface area contributed by atoms with Gasteiger partial charge in [-0.25, -0.2) is 4.79 Å². The lowest BCUT2D eigenvalue weighted by molar-refractivity contribution is -0.146. The Bertz CT molecular complexity index is 485. The van der Waals surface area contributed by atoms with E-state index < -0.39 is 6.04 Å². The summed E-state index contributed by atoms with van der Waals surface area (Å²) in [6.45, 7) is 0.641. The molecule has 1 saturated heterocycles. The number of ether oxygens (including phenoxy) is 1. The van der Waals surface area contributed by atoms with Crippen LogP contribution in [0.1, 0.15) is 29.8 Å². The van der Waals surface area contributed by atoms with E-state index in [1.54, 1.807) is 11.0 Å². The maximum absolute atomic E-state index is 12.4. The number of carbonyl (C=O) groups is 2. The highest BCUT2D eigenvalue weighted by Crippen LogP contribution is 2.42. The second-order valence-corrected chi connectivity index (χ2v) is 5.25. The summed E-state index contributed by atoms with van der Waals surface area (Å²) in [5, 5.41) is 6.45. The van der Waals surface area contributed by atoms with Gasteiger partial charge in [0.2, 0.25) is 0 Å². The van der Waals surface area contributed by atoms with Crippen molar-refractivity contribution in [2.24, 2.45) is 11.8 Å². The van der Waals surface area contributed by atoms with Crippen LogP contribution in [0.15, 0.2) is 12.3 Å². The molecule has 1 N–H and O–H groups in total. The van der Waals surface area contributed by atoms with Gasteiger partial charge in [0, 0.05) is 12.7 Å². The number of rotatable bonds is 2. The molecule has 0 aromatic carbocycles. The number of nitrogens with one attached hydrogen (secondary N) is 1. The molecule has 102 valence electrons. The number of amides is 1. The smallest absolute Gasteiger partial charge is 0.328 e. The van der Waals surface area contributed by atoms with Crippen LogP contribution in [-0.4, -0.2) is 46.7 Å². The monoisotopic (exact) mass is 263 g/mol. The zero-order chi connectivity index (χ0) is 13.4. The summed E-state index contributed by atoms with van der Waals surface area (Å²) in [5.41, 5.74) is 0.425.